The van der Waals surface area contributed by atoms with E-state index in [9.17, 15) is 22.8 Å². The van der Waals surface area contributed by atoms with Gasteiger partial charge < -0.3 is 15.0 Å². The van der Waals surface area contributed by atoms with E-state index >= 15 is 0 Å². The van der Waals surface area contributed by atoms with Gasteiger partial charge in [-0.3, -0.25) is 18.7 Å². The van der Waals surface area contributed by atoms with Gasteiger partial charge >= 0.3 is 0 Å². The fourth-order valence-electron chi connectivity index (χ4n) is 4.57. The number of nitrogens with one attached hydrogen (secondary N) is 1. The highest BCUT2D eigenvalue weighted by atomic mass is 32.2. The molecule has 2 aromatic rings. The third-order valence-electron chi connectivity index (χ3n) is 6.85. The quantitative estimate of drug-likeness (QED) is 0.434. The maximum absolute atomic E-state index is 13.7. The molecule has 1 aliphatic carbocycles. The molecule has 1 atom stereocenters. The summed E-state index contributed by atoms with van der Waals surface area (Å²) in [5, 5.41) is 3.07. The molecule has 0 saturated heterocycles. The zero-order valence-corrected chi connectivity index (χ0v) is 23.3. The summed E-state index contributed by atoms with van der Waals surface area (Å²) in [4.78, 5) is 40.2. The summed E-state index contributed by atoms with van der Waals surface area (Å²) in [6, 6.07) is 12.5. The Kier molecular flexibility index (Phi) is 9.90. The summed E-state index contributed by atoms with van der Waals surface area (Å²) >= 11 is 0. The van der Waals surface area contributed by atoms with Crippen molar-refractivity contribution < 1.29 is 27.5 Å². The van der Waals surface area contributed by atoms with Gasteiger partial charge in [0, 0.05) is 18.2 Å². The molecule has 206 valence electrons. The van der Waals surface area contributed by atoms with Gasteiger partial charge in [0.15, 0.2) is 5.78 Å². The number of carbonyl (C=O) groups excluding carboxylic acids is 3. The van der Waals surface area contributed by atoms with E-state index in [1.165, 1.54) is 24.0 Å². The van der Waals surface area contributed by atoms with Crippen LogP contribution < -0.4 is 14.4 Å². The van der Waals surface area contributed by atoms with Gasteiger partial charge in [-0.25, -0.2) is 8.42 Å². The minimum atomic E-state index is -3.88. The first-order valence-electron chi connectivity index (χ1n) is 12.8. The molecule has 1 saturated carbocycles. The van der Waals surface area contributed by atoms with Crippen molar-refractivity contribution in [1.82, 2.24) is 10.2 Å². The van der Waals surface area contributed by atoms with Crippen LogP contribution in [-0.2, 0) is 26.2 Å². The number of ether oxygens (including phenoxy) is 1. The van der Waals surface area contributed by atoms with E-state index in [0.29, 0.717) is 11.3 Å². The topological polar surface area (TPSA) is 113 Å². The van der Waals surface area contributed by atoms with E-state index in [1.807, 2.05) is 0 Å². The molecule has 1 N–H and O–H groups in total. The van der Waals surface area contributed by atoms with Crippen molar-refractivity contribution in [2.45, 2.75) is 64.6 Å². The van der Waals surface area contributed by atoms with Crippen molar-refractivity contribution in [2.24, 2.45) is 0 Å². The number of ketones is 1. The molecule has 9 nitrogen and oxygen atoms in total. The minimum absolute atomic E-state index is 0.0680. The fourth-order valence-corrected chi connectivity index (χ4v) is 5.41. The van der Waals surface area contributed by atoms with Gasteiger partial charge in [-0.2, -0.15) is 0 Å². The summed E-state index contributed by atoms with van der Waals surface area (Å²) < 4.78 is 31.7. The highest BCUT2D eigenvalue weighted by molar-refractivity contribution is 7.92. The second-order valence-electron chi connectivity index (χ2n) is 9.77. The molecule has 0 heterocycles. The predicted molar refractivity (Wildman–Crippen MR) is 147 cm³/mol. The van der Waals surface area contributed by atoms with Crippen molar-refractivity contribution >= 4 is 33.3 Å². The number of Topliss-reactive ketones (excluding diaryl/α,β-unsaturated/α-hetero) is 1. The predicted octanol–water partition coefficient (Wildman–Crippen LogP) is 3.53. The maximum atomic E-state index is 13.7. The molecule has 10 heteroatoms. The number of sulfonamides is 1. The second-order valence-corrected chi connectivity index (χ2v) is 11.7. The third kappa shape index (κ3) is 7.80. The lowest BCUT2D eigenvalue weighted by Gasteiger charge is -2.33. The molecule has 0 aliphatic heterocycles. The van der Waals surface area contributed by atoms with Crippen molar-refractivity contribution in [2.75, 3.05) is 24.2 Å². The summed E-state index contributed by atoms with van der Waals surface area (Å²) in [6.45, 7) is 2.63. The Morgan fingerprint density at radius 2 is 1.71 bits per heavy atom. The zero-order chi connectivity index (χ0) is 27.9. The number of hydrogen-bond donors (Lipinski definition) is 1. The van der Waals surface area contributed by atoms with Gasteiger partial charge in [-0.05, 0) is 56.5 Å². The van der Waals surface area contributed by atoms with Crippen LogP contribution in [0.25, 0.3) is 0 Å². The molecule has 1 unspecified atom stereocenters. The number of nitrogens with zero attached hydrogens (tertiary/aromatic N) is 2. The van der Waals surface area contributed by atoms with Crippen LogP contribution in [0.15, 0.2) is 48.5 Å². The molecule has 1 aliphatic rings. The van der Waals surface area contributed by atoms with E-state index in [-0.39, 0.29) is 30.0 Å². The number of hydrogen-bond acceptors (Lipinski definition) is 6. The zero-order valence-electron chi connectivity index (χ0n) is 22.5. The highest BCUT2D eigenvalue weighted by Gasteiger charge is 2.31. The Labute approximate surface area is 225 Å². The first-order valence-corrected chi connectivity index (χ1v) is 14.7. The van der Waals surface area contributed by atoms with Crippen LogP contribution in [0.4, 0.5) is 5.69 Å². The molecular formula is C28H37N3O6S. The van der Waals surface area contributed by atoms with Gasteiger partial charge in [-0.15, -0.1) is 0 Å². The molecule has 1 fully saturated rings. The fraction of sp³-hybridized carbons (Fsp3) is 0.464. The van der Waals surface area contributed by atoms with E-state index in [4.69, 9.17) is 4.74 Å². The van der Waals surface area contributed by atoms with Crippen LogP contribution in [0.1, 0.15) is 61.9 Å². The van der Waals surface area contributed by atoms with E-state index in [1.54, 1.807) is 50.4 Å². The monoisotopic (exact) mass is 543 g/mol. The summed E-state index contributed by atoms with van der Waals surface area (Å²) in [6.07, 6.45) is 6.06. The largest absolute Gasteiger partial charge is 0.497 e. The second kappa shape index (κ2) is 12.9. The van der Waals surface area contributed by atoms with Crippen LogP contribution in [0.3, 0.4) is 0 Å². The van der Waals surface area contributed by atoms with Crippen molar-refractivity contribution in [3.63, 3.8) is 0 Å². The van der Waals surface area contributed by atoms with Gasteiger partial charge in [0.1, 0.15) is 18.3 Å². The van der Waals surface area contributed by atoms with Crippen molar-refractivity contribution in [3.05, 3.63) is 59.7 Å². The Hall–Kier alpha value is -3.40. The summed E-state index contributed by atoms with van der Waals surface area (Å²) in [5.41, 5.74) is 1.30. The Bertz CT molecular complexity index is 1240. The van der Waals surface area contributed by atoms with E-state index in [0.717, 1.165) is 48.2 Å². The highest BCUT2D eigenvalue weighted by Crippen LogP contribution is 2.22. The lowest BCUT2D eigenvalue weighted by atomic mass is 9.95. The normalized spacial score (nSPS) is 14.8. The number of methoxy groups -OCH3 is 1. The van der Waals surface area contributed by atoms with Crippen molar-refractivity contribution in [3.8, 4) is 5.75 Å². The van der Waals surface area contributed by atoms with Crippen LogP contribution in [0, 0.1) is 0 Å². The van der Waals surface area contributed by atoms with Gasteiger partial charge in [0.25, 0.3) is 0 Å². The molecule has 2 amide bonds. The lowest BCUT2D eigenvalue weighted by molar-refractivity contribution is -0.139. The minimum Gasteiger partial charge on any atom is -0.497 e. The average Bonchev–Trinajstić information content (AvgIpc) is 2.90. The molecule has 0 bridgehead atoms. The Morgan fingerprint density at radius 1 is 1.05 bits per heavy atom. The van der Waals surface area contributed by atoms with Crippen molar-refractivity contribution in [1.29, 1.82) is 0 Å². The molecule has 2 aromatic carbocycles. The molecule has 0 spiro atoms. The molecule has 38 heavy (non-hydrogen) atoms. The van der Waals surface area contributed by atoms with Gasteiger partial charge in [0.2, 0.25) is 21.8 Å². The number of rotatable bonds is 11. The molecular weight excluding hydrogens is 506 g/mol. The summed E-state index contributed by atoms with van der Waals surface area (Å²) in [5.74, 6) is -0.377. The number of anilines is 1. The van der Waals surface area contributed by atoms with Crippen LogP contribution in [0.5, 0.6) is 5.75 Å². The first-order chi connectivity index (χ1) is 18.0. The van der Waals surface area contributed by atoms with Crippen LogP contribution in [0.2, 0.25) is 0 Å². The van der Waals surface area contributed by atoms with Gasteiger partial charge in [0.05, 0.1) is 19.1 Å². The molecule has 3 rings (SSSR count). The standard InChI is InChI=1S/C28H37N3O6S/c1-20(28(34)29-24-10-6-5-7-11-24)30(18-22-13-15-26(37-3)16-14-22)27(33)19-31(38(4,35)36)25-12-8-9-23(17-25)21(2)32/h8-9,12-17,20,24H,5-7,10-11,18-19H2,1-4H3,(H,29,34). The van der Waals surface area contributed by atoms with Crippen LogP contribution in [-0.4, -0.2) is 62.9 Å². The average molecular weight is 544 g/mol. The number of amides is 2. The SMILES string of the molecule is COc1ccc(CN(C(=O)CN(c2cccc(C(C)=O)c2)S(C)(=O)=O)C(C)C(=O)NC2CCCCC2)cc1. The third-order valence-corrected chi connectivity index (χ3v) is 7.99. The molecule has 0 radical (unpaired) electrons. The summed E-state index contributed by atoms with van der Waals surface area (Å²) in [7, 11) is -2.32. The maximum Gasteiger partial charge on any atom is 0.244 e. The van der Waals surface area contributed by atoms with Crippen LogP contribution >= 0.6 is 0 Å². The molecule has 0 aromatic heterocycles. The lowest BCUT2D eigenvalue weighted by Crippen LogP contribution is -2.53. The van der Waals surface area contributed by atoms with Gasteiger partial charge in [-0.1, -0.05) is 43.5 Å². The Morgan fingerprint density at radius 3 is 2.29 bits per heavy atom. The van der Waals surface area contributed by atoms with E-state index < -0.39 is 28.5 Å². The number of benzene rings is 2. The number of carbonyl (C=O) groups is 3. The van der Waals surface area contributed by atoms with E-state index in [2.05, 4.69) is 5.32 Å². The first kappa shape index (κ1) is 29.2. The Balaban J connectivity index is 1.89. The smallest absolute Gasteiger partial charge is 0.244 e.